The number of benzene rings is 1. The largest absolute Gasteiger partial charge is 0.391 e. The first kappa shape index (κ1) is 36.5. The van der Waals surface area contributed by atoms with Crippen LogP contribution < -0.4 is 4.31 Å². The predicted molar refractivity (Wildman–Crippen MR) is 188 cm³/mol. The molecule has 1 aliphatic heterocycles. The van der Waals surface area contributed by atoms with E-state index in [0.717, 1.165) is 64.9 Å². The van der Waals surface area contributed by atoms with Crippen molar-refractivity contribution < 1.29 is 13.7 Å². The molecule has 238 valence electrons. The zero-order chi connectivity index (χ0) is 33.1. The SMILES string of the molecule is C=C.C=C(C)Cc1c(C)c2c(c(C)c1C1=CCC(C)(C)CC1)-c1ncc(F)cc1C(CC)N2S(=C)(=O)CC.CC(C)(C)O. The molecule has 2 aliphatic rings. The number of nitrogens with zero attached hydrogens (tertiary/aromatic N) is 2. The van der Waals surface area contributed by atoms with E-state index < -0.39 is 15.3 Å². The highest BCUT2D eigenvalue weighted by Crippen LogP contribution is 2.53. The van der Waals surface area contributed by atoms with Gasteiger partial charge in [0.25, 0.3) is 0 Å². The number of hydrogen-bond donors (Lipinski definition) is 1. The molecule has 0 saturated heterocycles. The molecule has 2 aromatic rings. The number of anilines is 1. The van der Waals surface area contributed by atoms with Gasteiger partial charge < -0.3 is 5.11 Å². The van der Waals surface area contributed by atoms with Crippen LogP contribution in [0.3, 0.4) is 0 Å². The standard InChI is InChI=1S/C31H41FN2OS.C4H10O.C2H4/c1-10-26-25-17-23(32)18-33-29(25)28-21(6)27(22-12-14-31(7,8)15-13-22)24(16-19(3)4)20(5)30(28)34(26)36(9,35)11-2;1-4(2,3)5;1-2/h12,17-18,26H,3,9-11,13-16H2,1-2,4-8H3;5H,1-3H3;1-2H2. The van der Waals surface area contributed by atoms with Crippen LogP contribution in [0.4, 0.5) is 10.1 Å². The lowest BCUT2D eigenvalue weighted by molar-refractivity contribution is 0.102. The Balaban J connectivity index is 0.000000836. The molecule has 2 heterocycles. The maximum absolute atomic E-state index is 14.5. The van der Waals surface area contributed by atoms with Crippen LogP contribution in [0.5, 0.6) is 0 Å². The minimum absolute atomic E-state index is 0.253. The summed E-state index contributed by atoms with van der Waals surface area (Å²) in [7, 11) is -2.64. The van der Waals surface area contributed by atoms with E-state index in [-0.39, 0.29) is 11.9 Å². The van der Waals surface area contributed by atoms with E-state index in [1.807, 2.05) is 11.2 Å². The molecule has 6 heteroatoms. The monoisotopic (exact) mass is 610 g/mol. The predicted octanol–water partition coefficient (Wildman–Crippen LogP) is 9.72. The summed E-state index contributed by atoms with van der Waals surface area (Å²) in [6, 6.07) is 1.33. The van der Waals surface area contributed by atoms with E-state index in [2.05, 4.69) is 78.2 Å². The maximum atomic E-state index is 14.5. The lowest BCUT2D eigenvalue weighted by Gasteiger charge is -2.43. The molecule has 1 aliphatic carbocycles. The third-order valence-electron chi connectivity index (χ3n) is 8.05. The topological polar surface area (TPSA) is 53.4 Å². The molecule has 2 unspecified atom stereocenters. The third kappa shape index (κ3) is 8.27. The fraction of sp³-hybridized carbons (Fsp3) is 0.514. The highest BCUT2D eigenvalue weighted by atomic mass is 32.2. The Morgan fingerprint density at radius 3 is 2.23 bits per heavy atom. The van der Waals surface area contributed by atoms with E-state index in [0.29, 0.717) is 17.6 Å². The molecule has 0 saturated carbocycles. The highest BCUT2D eigenvalue weighted by Gasteiger charge is 2.39. The molecular weight excluding hydrogens is 555 g/mol. The third-order valence-corrected chi connectivity index (χ3v) is 10.1. The van der Waals surface area contributed by atoms with Gasteiger partial charge in [0.15, 0.2) is 0 Å². The zero-order valence-electron chi connectivity index (χ0n) is 28.4. The Labute approximate surface area is 262 Å². The van der Waals surface area contributed by atoms with Crippen LogP contribution in [0.2, 0.25) is 0 Å². The molecular formula is C37H55FN2O2S. The number of fused-ring (bicyclic) bond motifs is 3. The second-order valence-electron chi connectivity index (χ2n) is 13.6. The van der Waals surface area contributed by atoms with Crippen LogP contribution >= 0.6 is 0 Å². The van der Waals surface area contributed by atoms with Crippen molar-refractivity contribution in [3.8, 4) is 11.3 Å². The van der Waals surface area contributed by atoms with Gasteiger partial charge in [-0.3, -0.25) is 9.29 Å². The zero-order valence-corrected chi connectivity index (χ0v) is 29.2. The molecule has 4 rings (SSSR count). The van der Waals surface area contributed by atoms with E-state index in [1.165, 1.54) is 22.9 Å². The van der Waals surface area contributed by atoms with Gasteiger partial charge in [-0.2, -0.15) is 0 Å². The average Bonchev–Trinajstić information content (AvgIpc) is 2.90. The summed E-state index contributed by atoms with van der Waals surface area (Å²) in [5.74, 6) is 4.25. The molecule has 1 aromatic heterocycles. The van der Waals surface area contributed by atoms with Gasteiger partial charge in [-0.25, -0.2) is 8.60 Å². The Hall–Kier alpha value is -2.70. The van der Waals surface area contributed by atoms with Crippen LogP contribution in [-0.4, -0.2) is 31.5 Å². The van der Waals surface area contributed by atoms with Gasteiger partial charge in [0, 0.05) is 26.6 Å². The van der Waals surface area contributed by atoms with Gasteiger partial charge in [-0.1, -0.05) is 45.9 Å². The first-order valence-corrected chi connectivity index (χ1v) is 17.2. The van der Waals surface area contributed by atoms with Gasteiger partial charge in [0.05, 0.1) is 29.2 Å². The molecule has 1 aromatic carbocycles. The Morgan fingerprint density at radius 1 is 1.19 bits per heavy atom. The molecule has 2 atom stereocenters. The molecule has 0 fully saturated rings. The Bertz CT molecular complexity index is 1470. The van der Waals surface area contributed by atoms with Gasteiger partial charge in [0.1, 0.15) is 5.82 Å². The molecule has 1 N–H and O–H groups in total. The minimum Gasteiger partial charge on any atom is -0.391 e. The summed E-state index contributed by atoms with van der Waals surface area (Å²) in [6.07, 6.45) is 8.34. The summed E-state index contributed by atoms with van der Waals surface area (Å²) < 4.78 is 30.6. The number of halogens is 1. The van der Waals surface area contributed by atoms with Crippen LogP contribution in [0.25, 0.3) is 16.8 Å². The van der Waals surface area contributed by atoms with Crippen LogP contribution in [0.1, 0.15) is 115 Å². The van der Waals surface area contributed by atoms with Crippen molar-refractivity contribution >= 4 is 26.8 Å². The van der Waals surface area contributed by atoms with E-state index >= 15 is 0 Å². The van der Waals surface area contributed by atoms with Gasteiger partial charge >= 0.3 is 0 Å². The van der Waals surface area contributed by atoms with Crippen molar-refractivity contribution in [3.05, 3.63) is 77.3 Å². The lowest BCUT2D eigenvalue weighted by atomic mass is 9.73. The van der Waals surface area contributed by atoms with Crippen molar-refractivity contribution in [1.82, 2.24) is 4.98 Å². The first-order valence-electron chi connectivity index (χ1n) is 15.3. The van der Waals surface area contributed by atoms with Crippen molar-refractivity contribution in [2.45, 2.75) is 113 Å². The van der Waals surface area contributed by atoms with E-state index in [9.17, 15) is 8.60 Å². The van der Waals surface area contributed by atoms with Crippen LogP contribution in [0, 0.1) is 25.1 Å². The highest BCUT2D eigenvalue weighted by molar-refractivity contribution is 8.01. The first-order chi connectivity index (χ1) is 19.8. The molecule has 4 nitrogen and oxygen atoms in total. The number of aliphatic hydroxyl groups is 1. The van der Waals surface area contributed by atoms with Crippen molar-refractivity contribution in [3.63, 3.8) is 0 Å². The average molecular weight is 611 g/mol. The van der Waals surface area contributed by atoms with E-state index in [4.69, 9.17) is 5.11 Å². The number of rotatable bonds is 6. The Kier molecular flexibility index (Phi) is 11.8. The Morgan fingerprint density at radius 2 is 1.77 bits per heavy atom. The number of pyridine rings is 1. The van der Waals surface area contributed by atoms with E-state index in [1.54, 1.807) is 26.8 Å². The summed E-state index contributed by atoms with van der Waals surface area (Å²) in [4.78, 5) is 4.65. The smallest absolute Gasteiger partial charge is 0.141 e. The maximum Gasteiger partial charge on any atom is 0.141 e. The van der Waals surface area contributed by atoms with Crippen molar-refractivity contribution in [2.24, 2.45) is 5.41 Å². The van der Waals surface area contributed by atoms with Crippen molar-refractivity contribution in [2.75, 3.05) is 10.1 Å². The minimum atomic E-state index is -2.64. The van der Waals surface area contributed by atoms with Gasteiger partial charge in [-0.05, 0) is 119 Å². The van der Waals surface area contributed by atoms with Crippen molar-refractivity contribution in [1.29, 1.82) is 0 Å². The second kappa shape index (κ2) is 13.9. The molecule has 0 spiro atoms. The van der Waals surface area contributed by atoms with Crippen LogP contribution in [-0.2, 0) is 16.1 Å². The second-order valence-corrected chi connectivity index (χ2v) is 16.1. The molecule has 43 heavy (non-hydrogen) atoms. The van der Waals surface area contributed by atoms with Gasteiger partial charge in [0.2, 0.25) is 0 Å². The number of allylic oxidation sites excluding steroid dienone is 3. The number of hydrogen-bond acceptors (Lipinski definition) is 3. The number of aromatic nitrogens is 1. The van der Waals surface area contributed by atoms with Crippen LogP contribution in [0.15, 0.2) is 43.6 Å². The molecule has 0 bridgehead atoms. The lowest BCUT2D eigenvalue weighted by Crippen LogP contribution is -2.39. The quantitative estimate of drug-likeness (QED) is 0.262. The molecule has 0 amide bonds. The normalized spacial score (nSPS) is 18.5. The molecule has 0 radical (unpaired) electrons. The summed E-state index contributed by atoms with van der Waals surface area (Å²) in [6.45, 7) is 30.5. The summed E-state index contributed by atoms with van der Waals surface area (Å²) in [5, 5.41) is 8.52. The van der Waals surface area contributed by atoms with Gasteiger partial charge in [-0.15, -0.1) is 13.2 Å². The fourth-order valence-corrected chi connectivity index (χ4v) is 7.56. The fourth-order valence-electron chi connectivity index (χ4n) is 6.00. The summed E-state index contributed by atoms with van der Waals surface area (Å²) in [5.41, 5.74) is 10.5. The summed E-state index contributed by atoms with van der Waals surface area (Å²) >= 11 is 0.